The zero-order chi connectivity index (χ0) is 13.3. The van der Waals surface area contributed by atoms with Crippen molar-refractivity contribution in [1.29, 1.82) is 0 Å². The molecule has 0 N–H and O–H groups in total. The molecule has 0 saturated heterocycles. The molecular formula is C11H13N5O2. The zero-order valence-electron chi connectivity index (χ0n) is 10.4. The molecule has 0 aromatic carbocycles. The van der Waals surface area contributed by atoms with Crippen LogP contribution in [0.1, 0.15) is 25.4 Å². The van der Waals surface area contributed by atoms with Crippen LogP contribution in [-0.4, -0.2) is 24.7 Å². The summed E-state index contributed by atoms with van der Waals surface area (Å²) in [5, 5.41) is 15.0. The second-order valence-electron chi connectivity index (χ2n) is 4.43. The molecule has 7 nitrogen and oxygen atoms in total. The fraction of sp³-hybridized carbons (Fsp3) is 0.364. The van der Waals surface area contributed by atoms with Crippen LogP contribution in [0.5, 0.6) is 0 Å². The van der Waals surface area contributed by atoms with Crippen molar-refractivity contribution < 1.29 is 4.92 Å². The van der Waals surface area contributed by atoms with Gasteiger partial charge in [0.25, 0.3) is 0 Å². The standard InChI is InChI=1S/C11H13N5O2/c1-8-9(16(17)18)7-15(14-8)11(2,3)10-12-5-4-6-13-10/h4-7H,1-3H3. The monoisotopic (exact) mass is 247 g/mol. The maximum absolute atomic E-state index is 10.8. The van der Waals surface area contributed by atoms with Gasteiger partial charge in [-0.15, -0.1) is 0 Å². The first-order chi connectivity index (χ1) is 8.43. The van der Waals surface area contributed by atoms with Gasteiger partial charge in [0, 0.05) is 12.4 Å². The summed E-state index contributed by atoms with van der Waals surface area (Å²) in [5.74, 6) is 0.558. The lowest BCUT2D eigenvalue weighted by Crippen LogP contribution is -2.30. The number of aromatic nitrogens is 4. The molecule has 0 unspecified atom stereocenters. The average molecular weight is 247 g/mol. The Morgan fingerprint density at radius 2 is 1.94 bits per heavy atom. The highest BCUT2D eigenvalue weighted by molar-refractivity contribution is 5.32. The van der Waals surface area contributed by atoms with Crippen LogP contribution in [0.25, 0.3) is 0 Å². The largest absolute Gasteiger partial charge is 0.309 e. The lowest BCUT2D eigenvalue weighted by molar-refractivity contribution is -0.385. The van der Waals surface area contributed by atoms with Crippen LogP contribution in [0.3, 0.4) is 0 Å². The molecule has 0 saturated carbocycles. The average Bonchev–Trinajstić information content (AvgIpc) is 2.73. The molecule has 2 rings (SSSR count). The van der Waals surface area contributed by atoms with E-state index >= 15 is 0 Å². The first-order valence-corrected chi connectivity index (χ1v) is 5.41. The van der Waals surface area contributed by atoms with Crippen molar-refractivity contribution in [3.05, 3.63) is 46.3 Å². The van der Waals surface area contributed by atoms with Crippen LogP contribution in [-0.2, 0) is 5.54 Å². The predicted octanol–water partition coefficient (Wildman–Crippen LogP) is 1.67. The number of nitrogens with zero attached hydrogens (tertiary/aromatic N) is 5. The lowest BCUT2D eigenvalue weighted by atomic mass is 10.1. The van der Waals surface area contributed by atoms with Gasteiger partial charge < -0.3 is 0 Å². The number of rotatable bonds is 3. The minimum Gasteiger partial charge on any atom is -0.258 e. The summed E-state index contributed by atoms with van der Waals surface area (Å²) in [6.45, 7) is 5.33. The maximum Gasteiger partial charge on any atom is 0.309 e. The quantitative estimate of drug-likeness (QED) is 0.608. The molecule has 0 fully saturated rings. The van der Waals surface area contributed by atoms with Crippen molar-refractivity contribution in [3.8, 4) is 0 Å². The molecule has 2 aromatic rings. The predicted molar refractivity (Wildman–Crippen MR) is 64.1 cm³/mol. The van der Waals surface area contributed by atoms with Crippen molar-refractivity contribution in [3.63, 3.8) is 0 Å². The van der Waals surface area contributed by atoms with Crippen LogP contribution < -0.4 is 0 Å². The minimum atomic E-state index is -0.639. The van der Waals surface area contributed by atoms with Gasteiger partial charge in [-0.1, -0.05) is 0 Å². The Morgan fingerprint density at radius 3 is 2.44 bits per heavy atom. The summed E-state index contributed by atoms with van der Waals surface area (Å²) in [6, 6.07) is 1.72. The molecule has 0 aliphatic rings. The van der Waals surface area contributed by atoms with Crippen LogP contribution >= 0.6 is 0 Å². The Morgan fingerprint density at radius 1 is 1.33 bits per heavy atom. The Kier molecular flexibility index (Phi) is 2.82. The summed E-state index contributed by atoms with van der Waals surface area (Å²) in [7, 11) is 0. The summed E-state index contributed by atoms with van der Waals surface area (Å²) in [5.41, 5.74) is -0.261. The molecule has 0 atom stereocenters. The van der Waals surface area contributed by atoms with Crippen LogP contribution in [0.2, 0.25) is 0 Å². The lowest BCUT2D eigenvalue weighted by Gasteiger charge is -2.22. The molecule has 0 spiro atoms. The number of aryl methyl sites for hydroxylation is 1. The third-order valence-corrected chi connectivity index (χ3v) is 2.76. The van der Waals surface area contributed by atoms with Gasteiger partial charge in [0.1, 0.15) is 17.4 Å². The van der Waals surface area contributed by atoms with E-state index in [9.17, 15) is 10.1 Å². The fourth-order valence-corrected chi connectivity index (χ4v) is 1.63. The van der Waals surface area contributed by atoms with Crippen molar-refractivity contribution in [2.45, 2.75) is 26.3 Å². The van der Waals surface area contributed by atoms with Gasteiger partial charge in [-0.3, -0.25) is 14.8 Å². The van der Waals surface area contributed by atoms with Gasteiger partial charge in [-0.05, 0) is 26.8 Å². The first kappa shape index (κ1) is 12.2. The van der Waals surface area contributed by atoms with Gasteiger partial charge in [-0.2, -0.15) is 5.10 Å². The molecule has 94 valence electrons. The molecule has 0 aliphatic heterocycles. The van der Waals surface area contributed by atoms with E-state index in [1.54, 1.807) is 25.4 Å². The summed E-state index contributed by atoms with van der Waals surface area (Å²) < 4.78 is 1.52. The van der Waals surface area contributed by atoms with Crippen LogP contribution in [0, 0.1) is 17.0 Å². The number of hydrogen-bond donors (Lipinski definition) is 0. The molecule has 0 amide bonds. The van der Waals surface area contributed by atoms with Crippen molar-refractivity contribution in [1.82, 2.24) is 19.7 Å². The number of hydrogen-bond acceptors (Lipinski definition) is 5. The molecule has 2 heterocycles. The molecule has 0 radical (unpaired) electrons. The van der Waals surface area contributed by atoms with Crippen molar-refractivity contribution in [2.75, 3.05) is 0 Å². The van der Waals surface area contributed by atoms with Gasteiger partial charge in [-0.25, -0.2) is 9.97 Å². The van der Waals surface area contributed by atoms with Gasteiger partial charge in [0.15, 0.2) is 5.82 Å². The smallest absolute Gasteiger partial charge is 0.258 e. The molecule has 18 heavy (non-hydrogen) atoms. The second kappa shape index (κ2) is 4.17. The third-order valence-electron chi connectivity index (χ3n) is 2.76. The molecular weight excluding hydrogens is 234 g/mol. The van der Waals surface area contributed by atoms with E-state index in [2.05, 4.69) is 15.1 Å². The Bertz CT molecular complexity index is 576. The van der Waals surface area contributed by atoms with Crippen LogP contribution in [0.4, 0.5) is 5.69 Å². The van der Waals surface area contributed by atoms with Crippen molar-refractivity contribution in [2.24, 2.45) is 0 Å². The van der Waals surface area contributed by atoms with E-state index in [-0.39, 0.29) is 5.69 Å². The topological polar surface area (TPSA) is 86.7 Å². The summed E-state index contributed by atoms with van der Waals surface area (Å²) >= 11 is 0. The van der Waals surface area contributed by atoms with E-state index in [1.165, 1.54) is 10.9 Å². The SMILES string of the molecule is Cc1nn(C(C)(C)c2ncccn2)cc1[N+](=O)[O-]. The van der Waals surface area contributed by atoms with Gasteiger partial charge in [0.2, 0.25) is 0 Å². The van der Waals surface area contributed by atoms with Crippen LogP contribution in [0.15, 0.2) is 24.7 Å². The Balaban J connectivity index is 2.48. The Hall–Kier alpha value is -2.31. The zero-order valence-corrected chi connectivity index (χ0v) is 10.4. The van der Waals surface area contributed by atoms with E-state index in [1.807, 2.05) is 13.8 Å². The first-order valence-electron chi connectivity index (χ1n) is 5.41. The number of nitro groups is 1. The van der Waals surface area contributed by atoms with E-state index in [4.69, 9.17) is 0 Å². The Labute approximate surface area is 104 Å². The normalized spacial score (nSPS) is 11.5. The maximum atomic E-state index is 10.8. The van der Waals surface area contributed by atoms with Crippen molar-refractivity contribution >= 4 is 5.69 Å². The van der Waals surface area contributed by atoms with Gasteiger partial charge >= 0.3 is 5.69 Å². The summed E-state index contributed by atoms with van der Waals surface area (Å²) in [4.78, 5) is 18.7. The molecule has 0 aliphatic carbocycles. The van der Waals surface area contributed by atoms with E-state index in [0.717, 1.165) is 0 Å². The highest BCUT2D eigenvalue weighted by Crippen LogP contribution is 2.25. The van der Waals surface area contributed by atoms with E-state index < -0.39 is 10.5 Å². The molecule has 0 bridgehead atoms. The molecule has 7 heteroatoms. The van der Waals surface area contributed by atoms with E-state index in [0.29, 0.717) is 11.5 Å². The fourth-order valence-electron chi connectivity index (χ4n) is 1.63. The second-order valence-corrected chi connectivity index (χ2v) is 4.43. The highest BCUT2D eigenvalue weighted by atomic mass is 16.6. The highest BCUT2D eigenvalue weighted by Gasteiger charge is 2.30. The molecule has 2 aromatic heterocycles. The summed E-state index contributed by atoms with van der Waals surface area (Å²) in [6.07, 6.45) is 4.68. The van der Waals surface area contributed by atoms with Gasteiger partial charge in [0.05, 0.1) is 4.92 Å². The third kappa shape index (κ3) is 1.94. The minimum absolute atomic E-state index is 0.000920.